The fourth-order valence-electron chi connectivity index (χ4n) is 0.891. The summed E-state index contributed by atoms with van der Waals surface area (Å²) in [5.41, 5.74) is 0. The Hall–Kier alpha value is 0.540. The van der Waals surface area contributed by atoms with Crippen molar-refractivity contribution < 1.29 is 19.7 Å². The van der Waals surface area contributed by atoms with Crippen LogP contribution in [-0.2, 0) is 9.47 Å². The average molecular weight is 270 g/mol. The minimum absolute atomic E-state index is 0.235. The van der Waals surface area contributed by atoms with E-state index in [1.165, 1.54) is 0 Å². The molecule has 0 fully saturated rings. The first-order valence-corrected chi connectivity index (χ1v) is 7.75. The van der Waals surface area contributed by atoms with Crippen LogP contribution < -0.4 is 0 Å². The van der Waals surface area contributed by atoms with E-state index in [2.05, 4.69) is 0 Å². The SMILES string of the molecule is OCCSCCOCCOCCSCCO. The van der Waals surface area contributed by atoms with E-state index < -0.39 is 0 Å². The molecular formula is C10H22O4S2. The molecule has 98 valence electrons. The second-order valence-corrected chi connectivity index (χ2v) is 5.35. The number of thioether (sulfide) groups is 2. The van der Waals surface area contributed by atoms with Crippen molar-refractivity contribution in [2.45, 2.75) is 0 Å². The molecular weight excluding hydrogens is 248 g/mol. The minimum Gasteiger partial charge on any atom is -0.396 e. The largest absolute Gasteiger partial charge is 0.396 e. The van der Waals surface area contributed by atoms with Crippen molar-refractivity contribution in [1.29, 1.82) is 0 Å². The molecule has 6 heteroatoms. The van der Waals surface area contributed by atoms with Crippen molar-refractivity contribution in [3.63, 3.8) is 0 Å². The lowest BCUT2D eigenvalue weighted by Gasteiger charge is -2.05. The van der Waals surface area contributed by atoms with Crippen LogP contribution in [0.5, 0.6) is 0 Å². The van der Waals surface area contributed by atoms with Gasteiger partial charge in [0.25, 0.3) is 0 Å². The van der Waals surface area contributed by atoms with Gasteiger partial charge in [0.2, 0.25) is 0 Å². The van der Waals surface area contributed by atoms with Crippen LogP contribution in [-0.4, -0.2) is 72.9 Å². The Labute approximate surface area is 106 Å². The standard InChI is InChI=1S/C10H22O4S2/c11-1-7-15-9-5-13-3-4-14-6-10-16-8-2-12/h11-12H,1-10H2. The van der Waals surface area contributed by atoms with Crippen LogP contribution in [0.15, 0.2) is 0 Å². The van der Waals surface area contributed by atoms with E-state index in [1.54, 1.807) is 23.5 Å². The summed E-state index contributed by atoms with van der Waals surface area (Å²) in [5, 5.41) is 17.1. The second kappa shape index (κ2) is 15.5. The normalized spacial score (nSPS) is 10.9. The van der Waals surface area contributed by atoms with Gasteiger partial charge < -0.3 is 19.7 Å². The van der Waals surface area contributed by atoms with Crippen molar-refractivity contribution >= 4 is 23.5 Å². The predicted molar refractivity (Wildman–Crippen MR) is 70.5 cm³/mol. The maximum absolute atomic E-state index is 8.53. The van der Waals surface area contributed by atoms with Crippen LogP contribution >= 0.6 is 23.5 Å². The van der Waals surface area contributed by atoms with Gasteiger partial charge in [0, 0.05) is 23.0 Å². The molecule has 0 unspecified atom stereocenters. The van der Waals surface area contributed by atoms with Crippen LogP contribution in [0.25, 0.3) is 0 Å². The van der Waals surface area contributed by atoms with Gasteiger partial charge in [-0.25, -0.2) is 0 Å². The second-order valence-electron chi connectivity index (χ2n) is 2.90. The molecule has 0 saturated heterocycles. The van der Waals surface area contributed by atoms with Gasteiger partial charge in [-0.1, -0.05) is 0 Å². The van der Waals surface area contributed by atoms with Crippen LogP contribution in [0.4, 0.5) is 0 Å². The summed E-state index contributed by atoms with van der Waals surface area (Å²) < 4.78 is 10.7. The molecule has 0 saturated carbocycles. The summed E-state index contributed by atoms with van der Waals surface area (Å²) >= 11 is 3.38. The highest BCUT2D eigenvalue weighted by atomic mass is 32.2. The Balaban J connectivity index is 2.83. The molecule has 0 heterocycles. The van der Waals surface area contributed by atoms with Gasteiger partial charge in [0.05, 0.1) is 39.6 Å². The smallest absolute Gasteiger partial charge is 0.0700 e. The lowest BCUT2D eigenvalue weighted by atomic mass is 10.7. The van der Waals surface area contributed by atoms with Gasteiger partial charge in [-0.2, -0.15) is 23.5 Å². The molecule has 16 heavy (non-hydrogen) atoms. The fourth-order valence-corrected chi connectivity index (χ4v) is 2.03. The number of hydrogen-bond acceptors (Lipinski definition) is 6. The summed E-state index contributed by atoms with van der Waals surface area (Å²) in [7, 11) is 0. The Bertz CT molecular complexity index is 113. The highest BCUT2D eigenvalue weighted by Crippen LogP contribution is 1.98. The van der Waals surface area contributed by atoms with Crippen molar-refractivity contribution in [1.82, 2.24) is 0 Å². The molecule has 0 spiro atoms. The van der Waals surface area contributed by atoms with Gasteiger partial charge in [-0.15, -0.1) is 0 Å². The molecule has 0 aliphatic carbocycles. The number of rotatable bonds is 13. The lowest BCUT2D eigenvalue weighted by Crippen LogP contribution is -2.08. The molecule has 0 radical (unpaired) electrons. The highest BCUT2D eigenvalue weighted by molar-refractivity contribution is 7.99. The van der Waals surface area contributed by atoms with Gasteiger partial charge >= 0.3 is 0 Å². The van der Waals surface area contributed by atoms with E-state index in [0.717, 1.165) is 23.0 Å². The van der Waals surface area contributed by atoms with E-state index in [9.17, 15) is 0 Å². The third-order valence-corrected chi connectivity index (χ3v) is 3.44. The van der Waals surface area contributed by atoms with E-state index in [-0.39, 0.29) is 13.2 Å². The first kappa shape index (κ1) is 16.5. The van der Waals surface area contributed by atoms with Gasteiger partial charge in [-0.05, 0) is 0 Å². The molecule has 0 aliphatic heterocycles. The minimum atomic E-state index is 0.235. The van der Waals surface area contributed by atoms with Crippen molar-refractivity contribution in [2.24, 2.45) is 0 Å². The summed E-state index contributed by atoms with van der Waals surface area (Å²) in [5.74, 6) is 3.41. The number of hydrogen-bond donors (Lipinski definition) is 2. The number of ether oxygens (including phenoxy) is 2. The predicted octanol–water partition coefficient (Wildman–Crippen LogP) is 0.471. The van der Waals surface area contributed by atoms with Crippen molar-refractivity contribution in [3.8, 4) is 0 Å². The summed E-state index contributed by atoms with van der Waals surface area (Å²) in [4.78, 5) is 0. The zero-order chi connectivity index (χ0) is 11.9. The van der Waals surface area contributed by atoms with Gasteiger partial charge in [0.15, 0.2) is 0 Å². The zero-order valence-corrected chi connectivity index (χ0v) is 11.2. The van der Waals surface area contributed by atoms with E-state index in [1.807, 2.05) is 0 Å². The first-order chi connectivity index (χ1) is 7.91. The molecule has 0 rings (SSSR count). The fraction of sp³-hybridized carbons (Fsp3) is 1.00. The van der Waals surface area contributed by atoms with E-state index in [0.29, 0.717) is 26.4 Å². The molecule has 0 bridgehead atoms. The Morgan fingerprint density at radius 1 is 0.625 bits per heavy atom. The van der Waals surface area contributed by atoms with Gasteiger partial charge in [0.1, 0.15) is 0 Å². The molecule has 2 N–H and O–H groups in total. The van der Waals surface area contributed by atoms with Crippen LogP contribution in [0, 0.1) is 0 Å². The molecule has 0 aromatic rings. The molecule has 0 atom stereocenters. The zero-order valence-electron chi connectivity index (χ0n) is 9.60. The van der Waals surface area contributed by atoms with Gasteiger partial charge in [-0.3, -0.25) is 0 Å². The molecule has 4 nitrogen and oxygen atoms in total. The average Bonchev–Trinajstić information content (AvgIpc) is 2.31. The van der Waals surface area contributed by atoms with E-state index in [4.69, 9.17) is 19.7 Å². The first-order valence-electron chi connectivity index (χ1n) is 5.44. The molecule has 0 aromatic heterocycles. The Morgan fingerprint density at radius 2 is 1.06 bits per heavy atom. The quantitative estimate of drug-likeness (QED) is 0.475. The lowest BCUT2D eigenvalue weighted by molar-refractivity contribution is 0.0605. The van der Waals surface area contributed by atoms with E-state index >= 15 is 0 Å². The maximum atomic E-state index is 8.53. The molecule has 0 amide bonds. The van der Waals surface area contributed by atoms with Crippen LogP contribution in [0.2, 0.25) is 0 Å². The Kier molecular flexibility index (Phi) is 16.1. The summed E-state index contributed by atoms with van der Waals surface area (Å²) in [6.45, 7) is 3.16. The highest BCUT2D eigenvalue weighted by Gasteiger charge is 1.92. The van der Waals surface area contributed by atoms with Crippen molar-refractivity contribution in [3.05, 3.63) is 0 Å². The monoisotopic (exact) mass is 270 g/mol. The summed E-state index contributed by atoms with van der Waals surface area (Å²) in [6, 6.07) is 0. The topological polar surface area (TPSA) is 58.9 Å². The third kappa shape index (κ3) is 14.5. The molecule has 0 aromatic carbocycles. The van der Waals surface area contributed by atoms with Crippen molar-refractivity contribution in [2.75, 3.05) is 62.7 Å². The third-order valence-electron chi connectivity index (χ3n) is 1.59. The van der Waals surface area contributed by atoms with Crippen LogP contribution in [0.3, 0.4) is 0 Å². The summed E-state index contributed by atoms with van der Waals surface area (Å²) in [6.07, 6.45) is 0. The maximum Gasteiger partial charge on any atom is 0.0700 e. The molecule has 0 aliphatic rings. The number of aliphatic hydroxyl groups excluding tert-OH is 2. The number of aliphatic hydroxyl groups is 2. The Morgan fingerprint density at radius 3 is 1.44 bits per heavy atom. The van der Waals surface area contributed by atoms with Crippen LogP contribution in [0.1, 0.15) is 0 Å².